The van der Waals surface area contributed by atoms with Crippen molar-refractivity contribution in [1.29, 1.82) is 0 Å². The first-order chi connectivity index (χ1) is 19.3. The summed E-state index contributed by atoms with van der Waals surface area (Å²) >= 11 is 0. The van der Waals surface area contributed by atoms with Gasteiger partial charge in [0.15, 0.2) is 0 Å². The van der Waals surface area contributed by atoms with Crippen molar-refractivity contribution in [3.8, 4) is 22.3 Å². The molecule has 0 saturated heterocycles. The van der Waals surface area contributed by atoms with E-state index in [1.54, 1.807) is 0 Å². The number of para-hydroxylation sites is 2. The Balaban J connectivity index is 1.34. The van der Waals surface area contributed by atoms with Gasteiger partial charge < -0.3 is 9.47 Å². The Kier molecular flexibility index (Phi) is 5.71. The van der Waals surface area contributed by atoms with E-state index in [-0.39, 0.29) is 0 Å². The number of aryl methyl sites for hydroxylation is 1. The van der Waals surface area contributed by atoms with Crippen molar-refractivity contribution < 1.29 is 0 Å². The molecular formula is C37H28N2. The van der Waals surface area contributed by atoms with E-state index < -0.39 is 0 Å². The third-order valence-electron chi connectivity index (χ3n) is 7.60. The van der Waals surface area contributed by atoms with Crippen molar-refractivity contribution in [2.24, 2.45) is 7.05 Å². The lowest BCUT2D eigenvalue weighted by atomic mass is 9.99. The highest BCUT2D eigenvalue weighted by Gasteiger charge is 2.15. The van der Waals surface area contributed by atoms with Gasteiger partial charge in [0.1, 0.15) is 0 Å². The first-order valence-electron chi connectivity index (χ1n) is 13.4. The van der Waals surface area contributed by atoms with E-state index in [1.165, 1.54) is 44.1 Å². The van der Waals surface area contributed by atoms with Crippen molar-refractivity contribution >= 4 is 38.9 Å². The molecule has 1 aromatic heterocycles. The maximum atomic E-state index is 2.33. The molecule has 0 aliphatic carbocycles. The first-order valence-corrected chi connectivity index (χ1v) is 13.4. The summed E-state index contributed by atoms with van der Waals surface area (Å²) in [5.41, 5.74) is 10.8. The third kappa shape index (κ3) is 4.07. The van der Waals surface area contributed by atoms with Gasteiger partial charge in [-0.1, -0.05) is 103 Å². The van der Waals surface area contributed by atoms with E-state index in [0.29, 0.717) is 0 Å². The average molecular weight is 501 g/mol. The molecule has 0 bridgehead atoms. The Bertz CT molecular complexity index is 1900. The number of rotatable bonds is 5. The van der Waals surface area contributed by atoms with Crippen molar-refractivity contribution in [3.63, 3.8) is 0 Å². The smallest absolute Gasteiger partial charge is 0.0495 e. The van der Waals surface area contributed by atoms with Crippen LogP contribution in [0.3, 0.4) is 0 Å². The molecule has 7 rings (SSSR count). The highest BCUT2D eigenvalue weighted by Crippen LogP contribution is 2.39. The number of aromatic nitrogens is 1. The number of benzene rings is 6. The van der Waals surface area contributed by atoms with Crippen LogP contribution >= 0.6 is 0 Å². The summed E-state index contributed by atoms with van der Waals surface area (Å²) in [7, 11) is 2.15. The molecule has 0 N–H and O–H groups in total. The number of hydrogen-bond donors (Lipinski definition) is 0. The number of anilines is 3. The van der Waals surface area contributed by atoms with Crippen molar-refractivity contribution in [2.45, 2.75) is 0 Å². The minimum Gasteiger partial charge on any atom is -0.344 e. The second-order valence-electron chi connectivity index (χ2n) is 9.91. The fourth-order valence-electron chi connectivity index (χ4n) is 5.72. The SMILES string of the molecule is Cn1c2ccccc2c2c(-c3ccc(N(c4ccccc4)c4cccc(-c5ccccc5)c4)cc3)cccc21. The highest BCUT2D eigenvalue weighted by molar-refractivity contribution is 6.14. The molecule has 0 saturated carbocycles. The van der Waals surface area contributed by atoms with Crippen LogP contribution in [-0.4, -0.2) is 4.57 Å². The molecule has 0 aliphatic rings. The van der Waals surface area contributed by atoms with Gasteiger partial charge in [0, 0.05) is 45.9 Å². The molecule has 0 unspecified atom stereocenters. The molecule has 0 radical (unpaired) electrons. The topological polar surface area (TPSA) is 8.17 Å². The lowest BCUT2D eigenvalue weighted by molar-refractivity contribution is 1.01. The maximum Gasteiger partial charge on any atom is 0.0495 e. The van der Waals surface area contributed by atoms with Crippen LogP contribution in [-0.2, 0) is 7.05 Å². The zero-order chi connectivity index (χ0) is 26.2. The summed E-state index contributed by atoms with van der Waals surface area (Å²) in [6.45, 7) is 0. The maximum absolute atomic E-state index is 2.33. The third-order valence-corrected chi connectivity index (χ3v) is 7.60. The zero-order valence-electron chi connectivity index (χ0n) is 21.8. The molecular weight excluding hydrogens is 472 g/mol. The summed E-state index contributed by atoms with van der Waals surface area (Å²) in [6, 6.07) is 54.2. The monoisotopic (exact) mass is 500 g/mol. The molecule has 0 atom stereocenters. The van der Waals surface area contributed by atoms with Crippen LogP contribution < -0.4 is 4.90 Å². The number of hydrogen-bond acceptors (Lipinski definition) is 1. The Morgan fingerprint density at radius 2 is 1.03 bits per heavy atom. The molecule has 6 aromatic carbocycles. The molecule has 0 fully saturated rings. The molecule has 186 valence electrons. The van der Waals surface area contributed by atoms with Gasteiger partial charge in [0.2, 0.25) is 0 Å². The lowest BCUT2D eigenvalue weighted by Gasteiger charge is -2.26. The van der Waals surface area contributed by atoms with E-state index in [9.17, 15) is 0 Å². The fraction of sp³-hybridized carbons (Fsp3) is 0.0270. The van der Waals surface area contributed by atoms with Crippen LogP contribution in [0.5, 0.6) is 0 Å². The minimum atomic E-state index is 1.13. The summed E-state index contributed by atoms with van der Waals surface area (Å²) in [6.07, 6.45) is 0. The molecule has 7 aromatic rings. The van der Waals surface area contributed by atoms with Gasteiger partial charge in [0.05, 0.1) is 0 Å². The molecule has 0 aliphatic heterocycles. The molecule has 0 spiro atoms. The standard InChI is InChI=1S/C37H28N2/c1-38-35-20-9-8-18-34(35)37-33(19-11-21-36(37)38)28-22-24-31(25-23-28)39(30-15-6-3-7-16-30)32-17-10-14-29(26-32)27-12-4-2-5-13-27/h2-26H,1H3. The lowest BCUT2D eigenvalue weighted by Crippen LogP contribution is -2.09. The molecule has 2 heteroatoms. The molecule has 0 amide bonds. The van der Waals surface area contributed by atoms with E-state index >= 15 is 0 Å². The van der Waals surface area contributed by atoms with Gasteiger partial charge in [-0.25, -0.2) is 0 Å². The quantitative estimate of drug-likeness (QED) is 0.228. The summed E-state index contributed by atoms with van der Waals surface area (Å²) < 4.78 is 2.29. The van der Waals surface area contributed by atoms with Gasteiger partial charge in [0.25, 0.3) is 0 Å². The van der Waals surface area contributed by atoms with E-state index in [2.05, 4.69) is 168 Å². The van der Waals surface area contributed by atoms with Gasteiger partial charge in [-0.2, -0.15) is 0 Å². The van der Waals surface area contributed by atoms with Gasteiger partial charge >= 0.3 is 0 Å². The van der Waals surface area contributed by atoms with Crippen LogP contribution in [0.4, 0.5) is 17.1 Å². The van der Waals surface area contributed by atoms with E-state index in [4.69, 9.17) is 0 Å². The number of fused-ring (bicyclic) bond motifs is 3. The molecule has 39 heavy (non-hydrogen) atoms. The number of nitrogens with zero attached hydrogens (tertiary/aromatic N) is 2. The Labute approximate surface area is 229 Å². The second kappa shape index (κ2) is 9.66. The van der Waals surface area contributed by atoms with Crippen molar-refractivity contribution in [2.75, 3.05) is 4.90 Å². The van der Waals surface area contributed by atoms with Crippen LogP contribution in [0.2, 0.25) is 0 Å². The average Bonchev–Trinajstić information content (AvgIpc) is 3.31. The zero-order valence-corrected chi connectivity index (χ0v) is 21.8. The predicted octanol–water partition coefficient (Wildman–Crippen LogP) is 10.1. The second-order valence-corrected chi connectivity index (χ2v) is 9.91. The van der Waals surface area contributed by atoms with Gasteiger partial charge in [-0.05, 0) is 70.8 Å². The summed E-state index contributed by atoms with van der Waals surface area (Å²) in [4.78, 5) is 2.33. The minimum absolute atomic E-state index is 1.13. The Hall–Kier alpha value is -5.08. The summed E-state index contributed by atoms with van der Waals surface area (Å²) in [5, 5.41) is 2.59. The van der Waals surface area contributed by atoms with Gasteiger partial charge in [-0.15, -0.1) is 0 Å². The predicted molar refractivity (Wildman–Crippen MR) is 166 cm³/mol. The normalized spacial score (nSPS) is 11.2. The van der Waals surface area contributed by atoms with Crippen LogP contribution in [0.1, 0.15) is 0 Å². The fourth-order valence-corrected chi connectivity index (χ4v) is 5.72. The van der Waals surface area contributed by atoms with Crippen molar-refractivity contribution in [1.82, 2.24) is 4.57 Å². The molecule has 2 nitrogen and oxygen atoms in total. The Morgan fingerprint density at radius 3 is 1.82 bits per heavy atom. The van der Waals surface area contributed by atoms with Crippen LogP contribution in [0, 0.1) is 0 Å². The summed E-state index contributed by atoms with van der Waals surface area (Å²) in [5.74, 6) is 0. The van der Waals surface area contributed by atoms with Crippen molar-refractivity contribution in [3.05, 3.63) is 152 Å². The van der Waals surface area contributed by atoms with Crippen LogP contribution in [0.15, 0.2) is 152 Å². The van der Waals surface area contributed by atoms with E-state index in [1.807, 2.05) is 0 Å². The highest BCUT2D eigenvalue weighted by atomic mass is 15.1. The largest absolute Gasteiger partial charge is 0.344 e. The first kappa shape index (κ1) is 23.1. The van der Waals surface area contributed by atoms with Gasteiger partial charge in [-0.3, -0.25) is 0 Å². The van der Waals surface area contributed by atoms with Crippen LogP contribution in [0.25, 0.3) is 44.1 Å². The molecule has 1 heterocycles. The van der Waals surface area contributed by atoms with E-state index in [0.717, 1.165) is 17.1 Å². The Morgan fingerprint density at radius 1 is 0.436 bits per heavy atom.